The molecule has 0 aromatic heterocycles. The first-order chi connectivity index (χ1) is 9.74. The summed E-state index contributed by atoms with van der Waals surface area (Å²) in [6.07, 6.45) is 3.57. The van der Waals surface area contributed by atoms with Crippen LogP contribution in [0.4, 0.5) is 0 Å². The van der Waals surface area contributed by atoms with E-state index in [-0.39, 0.29) is 24.6 Å². The van der Waals surface area contributed by atoms with E-state index in [2.05, 4.69) is 5.32 Å². The molecule has 1 aromatic rings. The summed E-state index contributed by atoms with van der Waals surface area (Å²) in [5.74, 6) is 1.17. The first-order valence-electron chi connectivity index (χ1n) is 7.18. The first kappa shape index (κ1) is 13.2. The van der Waals surface area contributed by atoms with Crippen molar-refractivity contribution in [2.45, 2.75) is 43.9 Å². The van der Waals surface area contributed by atoms with Crippen LogP contribution < -0.4 is 20.5 Å². The number of fused-ring (bicyclic) bond motifs is 1. The van der Waals surface area contributed by atoms with Crippen LogP contribution in [-0.4, -0.2) is 30.7 Å². The number of hydrogen-bond donors (Lipinski definition) is 2. The second kappa shape index (κ2) is 5.71. The zero-order valence-corrected chi connectivity index (χ0v) is 11.4. The molecule has 1 saturated carbocycles. The SMILES string of the molecule is N[C@H]1CCCC[C@@H]1NC(=O)[C@@H]1COc2ccccc2O1. The summed E-state index contributed by atoms with van der Waals surface area (Å²) in [6.45, 7) is 0.241. The maximum absolute atomic E-state index is 12.3. The third-order valence-electron chi connectivity index (χ3n) is 3.95. The normalized spacial score (nSPS) is 28.8. The van der Waals surface area contributed by atoms with Gasteiger partial charge in [0, 0.05) is 12.1 Å². The summed E-state index contributed by atoms with van der Waals surface area (Å²) in [5, 5.41) is 3.00. The van der Waals surface area contributed by atoms with Gasteiger partial charge in [-0.25, -0.2) is 0 Å². The van der Waals surface area contributed by atoms with Crippen LogP contribution in [-0.2, 0) is 4.79 Å². The fraction of sp³-hybridized carbons (Fsp3) is 0.533. The van der Waals surface area contributed by atoms with Crippen molar-refractivity contribution in [2.75, 3.05) is 6.61 Å². The van der Waals surface area contributed by atoms with E-state index in [1.165, 1.54) is 0 Å². The molecule has 0 bridgehead atoms. The number of rotatable bonds is 2. The molecule has 108 valence electrons. The van der Waals surface area contributed by atoms with Gasteiger partial charge in [-0.3, -0.25) is 4.79 Å². The van der Waals surface area contributed by atoms with E-state index in [9.17, 15) is 4.79 Å². The molecule has 0 saturated heterocycles. The first-order valence-corrected chi connectivity index (χ1v) is 7.18. The van der Waals surface area contributed by atoms with Crippen molar-refractivity contribution in [1.82, 2.24) is 5.32 Å². The zero-order chi connectivity index (χ0) is 13.9. The Balaban J connectivity index is 1.61. The molecule has 5 nitrogen and oxygen atoms in total. The lowest BCUT2D eigenvalue weighted by molar-refractivity contribution is -0.131. The quantitative estimate of drug-likeness (QED) is 0.851. The van der Waals surface area contributed by atoms with Gasteiger partial charge in [0.25, 0.3) is 5.91 Å². The number of nitrogens with one attached hydrogen (secondary N) is 1. The van der Waals surface area contributed by atoms with Crippen molar-refractivity contribution in [3.05, 3.63) is 24.3 Å². The lowest BCUT2D eigenvalue weighted by Gasteiger charge is -2.32. The van der Waals surface area contributed by atoms with E-state index < -0.39 is 6.10 Å². The Kier molecular flexibility index (Phi) is 3.78. The molecule has 3 N–H and O–H groups in total. The van der Waals surface area contributed by atoms with E-state index in [0.717, 1.165) is 25.7 Å². The van der Waals surface area contributed by atoms with E-state index in [1.54, 1.807) is 6.07 Å². The molecule has 1 fully saturated rings. The van der Waals surface area contributed by atoms with E-state index in [1.807, 2.05) is 18.2 Å². The van der Waals surface area contributed by atoms with Crippen molar-refractivity contribution < 1.29 is 14.3 Å². The fourth-order valence-corrected chi connectivity index (χ4v) is 2.76. The van der Waals surface area contributed by atoms with Crippen LogP contribution in [0.1, 0.15) is 25.7 Å². The van der Waals surface area contributed by atoms with Crippen molar-refractivity contribution in [1.29, 1.82) is 0 Å². The Bertz CT molecular complexity index is 492. The van der Waals surface area contributed by atoms with Crippen LogP contribution in [0.25, 0.3) is 0 Å². The van der Waals surface area contributed by atoms with Gasteiger partial charge in [0.05, 0.1) is 0 Å². The molecule has 20 heavy (non-hydrogen) atoms. The maximum Gasteiger partial charge on any atom is 0.264 e. The van der Waals surface area contributed by atoms with Gasteiger partial charge >= 0.3 is 0 Å². The topological polar surface area (TPSA) is 73.6 Å². The highest BCUT2D eigenvalue weighted by Gasteiger charge is 2.31. The van der Waals surface area contributed by atoms with Gasteiger partial charge in [-0.05, 0) is 25.0 Å². The number of carbonyl (C=O) groups is 1. The second-order valence-electron chi connectivity index (χ2n) is 5.43. The maximum atomic E-state index is 12.3. The molecule has 1 aliphatic heterocycles. The lowest BCUT2D eigenvalue weighted by Crippen LogP contribution is -2.54. The minimum absolute atomic E-state index is 0.0458. The van der Waals surface area contributed by atoms with Gasteiger partial charge in [0.2, 0.25) is 6.10 Å². The Hall–Kier alpha value is -1.75. The molecule has 1 aromatic carbocycles. The predicted molar refractivity (Wildman–Crippen MR) is 74.7 cm³/mol. The lowest BCUT2D eigenvalue weighted by atomic mass is 9.91. The van der Waals surface area contributed by atoms with E-state index in [0.29, 0.717) is 11.5 Å². The number of carbonyl (C=O) groups excluding carboxylic acids is 1. The Morgan fingerprint density at radius 1 is 1.20 bits per heavy atom. The van der Waals surface area contributed by atoms with Crippen molar-refractivity contribution >= 4 is 5.91 Å². The predicted octanol–water partition coefficient (Wildman–Crippen LogP) is 1.21. The highest BCUT2D eigenvalue weighted by Crippen LogP contribution is 2.31. The Morgan fingerprint density at radius 3 is 2.75 bits per heavy atom. The Labute approximate surface area is 118 Å². The number of nitrogens with two attached hydrogens (primary N) is 1. The molecule has 1 amide bonds. The summed E-state index contributed by atoms with van der Waals surface area (Å²) >= 11 is 0. The zero-order valence-electron chi connectivity index (χ0n) is 11.4. The number of ether oxygens (including phenoxy) is 2. The van der Waals surface area contributed by atoms with Gasteiger partial charge in [-0.1, -0.05) is 25.0 Å². The van der Waals surface area contributed by atoms with Crippen molar-refractivity contribution in [3.63, 3.8) is 0 Å². The monoisotopic (exact) mass is 276 g/mol. The summed E-state index contributed by atoms with van der Waals surface area (Å²) in [5.41, 5.74) is 6.05. The summed E-state index contributed by atoms with van der Waals surface area (Å²) in [6, 6.07) is 7.48. The molecular formula is C15H20N2O3. The highest BCUT2D eigenvalue weighted by atomic mass is 16.6. The molecule has 1 aliphatic carbocycles. The molecule has 2 aliphatic rings. The number of hydrogen-bond acceptors (Lipinski definition) is 4. The third kappa shape index (κ3) is 2.72. The third-order valence-corrected chi connectivity index (χ3v) is 3.95. The molecule has 3 atom stereocenters. The van der Waals surface area contributed by atoms with Gasteiger partial charge < -0.3 is 20.5 Å². The highest BCUT2D eigenvalue weighted by molar-refractivity contribution is 5.82. The van der Waals surface area contributed by atoms with Crippen LogP contribution in [0.5, 0.6) is 11.5 Å². The van der Waals surface area contributed by atoms with Gasteiger partial charge in [0.1, 0.15) is 6.61 Å². The number of benzene rings is 1. The minimum Gasteiger partial charge on any atom is -0.485 e. The average molecular weight is 276 g/mol. The van der Waals surface area contributed by atoms with Crippen LogP contribution in [0.2, 0.25) is 0 Å². The van der Waals surface area contributed by atoms with Crippen LogP contribution in [0.15, 0.2) is 24.3 Å². The smallest absolute Gasteiger partial charge is 0.264 e. The van der Waals surface area contributed by atoms with Crippen molar-refractivity contribution in [3.8, 4) is 11.5 Å². The number of para-hydroxylation sites is 2. The largest absolute Gasteiger partial charge is 0.485 e. The van der Waals surface area contributed by atoms with Gasteiger partial charge in [-0.15, -0.1) is 0 Å². The second-order valence-corrected chi connectivity index (χ2v) is 5.43. The van der Waals surface area contributed by atoms with E-state index in [4.69, 9.17) is 15.2 Å². The molecular weight excluding hydrogens is 256 g/mol. The minimum atomic E-state index is -0.598. The molecule has 0 unspecified atom stereocenters. The molecule has 5 heteroatoms. The summed E-state index contributed by atoms with van der Waals surface area (Å²) in [7, 11) is 0. The molecule has 1 heterocycles. The fourth-order valence-electron chi connectivity index (χ4n) is 2.76. The van der Waals surface area contributed by atoms with Gasteiger partial charge in [0.15, 0.2) is 11.5 Å². The molecule has 0 spiro atoms. The van der Waals surface area contributed by atoms with Crippen LogP contribution in [0, 0.1) is 0 Å². The summed E-state index contributed by atoms with van der Waals surface area (Å²) < 4.78 is 11.2. The standard InChI is InChI=1S/C15H20N2O3/c16-10-5-1-2-6-11(10)17-15(18)14-9-19-12-7-3-4-8-13(12)20-14/h3-4,7-8,10-11,14H,1-2,5-6,9,16H2,(H,17,18)/t10-,11-,14-/m0/s1. The average Bonchev–Trinajstić information content (AvgIpc) is 2.49. The number of amides is 1. The van der Waals surface area contributed by atoms with Crippen molar-refractivity contribution in [2.24, 2.45) is 5.73 Å². The van der Waals surface area contributed by atoms with E-state index >= 15 is 0 Å². The molecule has 3 rings (SSSR count). The van der Waals surface area contributed by atoms with Gasteiger partial charge in [-0.2, -0.15) is 0 Å². The summed E-state index contributed by atoms with van der Waals surface area (Å²) in [4.78, 5) is 12.3. The van der Waals surface area contributed by atoms with Crippen LogP contribution in [0.3, 0.4) is 0 Å². The van der Waals surface area contributed by atoms with Crippen LogP contribution >= 0.6 is 0 Å². The molecule has 0 radical (unpaired) electrons. The Morgan fingerprint density at radius 2 is 1.95 bits per heavy atom.